The molecule has 2 fully saturated rings. The molecule has 2 bridgehead atoms. The number of halogens is 2. The summed E-state index contributed by atoms with van der Waals surface area (Å²) in [4.78, 5) is 31.8. The summed E-state index contributed by atoms with van der Waals surface area (Å²) in [6.45, 7) is 15.0. The summed E-state index contributed by atoms with van der Waals surface area (Å²) in [5, 5.41) is 3.87. The lowest BCUT2D eigenvalue weighted by Gasteiger charge is -2.57. The van der Waals surface area contributed by atoms with Crippen molar-refractivity contribution in [3.05, 3.63) is 39.9 Å². The van der Waals surface area contributed by atoms with Gasteiger partial charge in [0.1, 0.15) is 5.60 Å². The van der Waals surface area contributed by atoms with Gasteiger partial charge < -0.3 is 19.9 Å². The molecule has 1 saturated carbocycles. The van der Waals surface area contributed by atoms with Crippen molar-refractivity contribution in [3.8, 4) is 0 Å². The molecule has 0 radical (unpaired) electrons. The first-order chi connectivity index (χ1) is 17.3. The molecule has 7 nitrogen and oxygen atoms in total. The molecule has 9 heteroatoms. The number of hydrogen-bond donors (Lipinski definition) is 1. The lowest BCUT2D eigenvalue weighted by Crippen LogP contribution is -2.53. The number of allylic oxidation sites excluding steroid dienone is 1. The van der Waals surface area contributed by atoms with Gasteiger partial charge in [0.2, 0.25) is 0 Å². The molecular formula is C28H40Cl2N4O3. The van der Waals surface area contributed by atoms with Gasteiger partial charge in [-0.15, -0.1) is 0 Å². The Morgan fingerprint density at radius 2 is 1.84 bits per heavy atom. The highest BCUT2D eigenvalue weighted by Crippen LogP contribution is 2.59. The average Bonchev–Trinajstić information content (AvgIpc) is 2.83. The van der Waals surface area contributed by atoms with E-state index in [1.54, 1.807) is 23.1 Å². The van der Waals surface area contributed by atoms with Gasteiger partial charge in [-0.1, -0.05) is 48.7 Å². The Kier molecular flexibility index (Phi) is 8.37. The SMILES string of the molecule is CC(C)(C)OC(=O)N1CCN(CCN(CC2=CCC3CC2C3(C)C)C(=O)Nc2ccc(Cl)c(Cl)c2)CC1. The van der Waals surface area contributed by atoms with Crippen LogP contribution in [0.1, 0.15) is 47.5 Å². The smallest absolute Gasteiger partial charge is 0.410 e. The summed E-state index contributed by atoms with van der Waals surface area (Å²) in [6.07, 6.45) is 4.39. The van der Waals surface area contributed by atoms with E-state index in [4.69, 9.17) is 27.9 Å². The number of hydrogen-bond acceptors (Lipinski definition) is 4. The normalized spacial score (nSPS) is 23.1. The first kappa shape index (κ1) is 28.1. The number of benzene rings is 1. The van der Waals surface area contributed by atoms with E-state index in [1.165, 1.54) is 12.0 Å². The molecule has 4 aliphatic rings. The van der Waals surface area contributed by atoms with Crippen LogP contribution in [0.4, 0.5) is 15.3 Å². The molecule has 0 spiro atoms. The maximum Gasteiger partial charge on any atom is 0.410 e. The number of piperazine rings is 1. The number of amides is 3. The van der Waals surface area contributed by atoms with Crippen LogP contribution in [0.3, 0.4) is 0 Å². The Morgan fingerprint density at radius 1 is 1.14 bits per heavy atom. The molecule has 2 unspecified atom stereocenters. The number of nitrogens with one attached hydrogen (secondary N) is 1. The molecule has 37 heavy (non-hydrogen) atoms. The zero-order valence-corrected chi connectivity index (χ0v) is 24.2. The molecular weight excluding hydrogens is 511 g/mol. The van der Waals surface area contributed by atoms with Crippen molar-refractivity contribution in [2.75, 3.05) is 51.1 Å². The number of fused-ring (bicyclic) bond motifs is 1. The van der Waals surface area contributed by atoms with Crippen LogP contribution in [0.15, 0.2) is 29.8 Å². The van der Waals surface area contributed by atoms with Gasteiger partial charge in [0.15, 0.2) is 0 Å². The quantitative estimate of drug-likeness (QED) is 0.417. The Bertz CT molecular complexity index is 1040. The van der Waals surface area contributed by atoms with Crippen molar-refractivity contribution in [2.45, 2.75) is 53.1 Å². The summed E-state index contributed by atoms with van der Waals surface area (Å²) in [7, 11) is 0. The number of carbonyl (C=O) groups excluding carboxylic acids is 2. The summed E-state index contributed by atoms with van der Waals surface area (Å²) < 4.78 is 5.51. The molecule has 3 amide bonds. The minimum atomic E-state index is -0.501. The van der Waals surface area contributed by atoms with Crippen molar-refractivity contribution in [1.82, 2.24) is 14.7 Å². The van der Waals surface area contributed by atoms with Crippen LogP contribution in [-0.4, -0.2) is 78.2 Å². The Hall–Kier alpha value is -1.96. The number of carbonyl (C=O) groups is 2. The highest BCUT2D eigenvalue weighted by Gasteiger charge is 2.51. The minimum absolute atomic E-state index is 0.147. The second kappa shape index (κ2) is 11.0. The standard InChI is InChI=1S/C28H40Cl2N4O3/c1-27(2,3)37-26(36)33-13-10-32(11-14-33)12-15-34(18-19-6-7-20-16-22(19)28(20,4)5)25(35)31-21-8-9-23(29)24(30)17-21/h6,8-9,17,20,22H,7,10-16,18H2,1-5H3,(H,31,35). The first-order valence-electron chi connectivity index (χ1n) is 13.2. The molecule has 2 atom stereocenters. The number of rotatable bonds is 6. The van der Waals surface area contributed by atoms with E-state index >= 15 is 0 Å². The van der Waals surface area contributed by atoms with E-state index < -0.39 is 5.60 Å². The number of anilines is 1. The number of ether oxygens (including phenoxy) is 1. The second-order valence-electron chi connectivity index (χ2n) is 12.1. The molecule has 1 aromatic rings. The predicted octanol–water partition coefficient (Wildman–Crippen LogP) is 6.37. The fraction of sp³-hybridized carbons (Fsp3) is 0.643. The molecule has 0 aromatic heterocycles. The summed E-state index contributed by atoms with van der Waals surface area (Å²) in [6, 6.07) is 4.98. The Balaban J connectivity index is 1.38. The minimum Gasteiger partial charge on any atom is -0.444 e. The molecule has 1 aliphatic heterocycles. The van der Waals surface area contributed by atoms with Crippen molar-refractivity contribution in [3.63, 3.8) is 0 Å². The maximum atomic E-state index is 13.4. The number of urea groups is 1. The van der Waals surface area contributed by atoms with Gasteiger partial charge in [0.25, 0.3) is 0 Å². The van der Waals surface area contributed by atoms with Crippen molar-refractivity contribution in [1.29, 1.82) is 0 Å². The fourth-order valence-corrected chi connectivity index (χ4v) is 5.95. The topological polar surface area (TPSA) is 65.1 Å². The van der Waals surface area contributed by atoms with Gasteiger partial charge in [0, 0.05) is 51.5 Å². The fourth-order valence-electron chi connectivity index (χ4n) is 5.65. The molecule has 1 heterocycles. The first-order valence-corrected chi connectivity index (χ1v) is 14.0. The maximum absolute atomic E-state index is 13.4. The monoisotopic (exact) mass is 550 g/mol. The zero-order chi connectivity index (χ0) is 27.0. The second-order valence-corrected chi connectivity index (χ2v) is 12.9. The van der Waals surface area contributed by atoms with Crippen molar-refractivity contribution in [2.24, 2.45) is 17.3 Å². The Labute approximate surface area is 231 Å². The van der Waals surface area contributed by atoms with E-state index in [0.717, 1.165) is 32.0 Å². The molecule has 1 saturated heterocycles. The zero-order valence-electron chi connectivity index (χ0n) is 22.7. The highest BCUT2D eigenvalue weighted by molar-refractivity contribution is 6.42. The molecule has 204 valence electrons. The van der Waals surface area contributed by atoms with Gasteiger partial charge in [-0.25, -0.2) is 9.59 Å². The number of nitrogens with zero attached hydrogens (tertiary/aromatic N) is 3. The predicted molar refractivity (Wildman–Crippen MR) is 149 cm³/mol. The van der Waals surface area contributed by atoms with Crippen LogP contribution in [0, 0.1) is 17.3 Å². The van der Waals surface area contributed by atoms with Gasteiger partial charge in [-0.3, -0.25) is 4.90 Å². The van der Waals surface area contributed by atoms with Gasteiger partial charge >= 0.3 is 12.1 Å². The summed E-state index contributed by atoms with van der Waals surface area (Å²) in [5.41, 5.74) is 1.79. The van der Waals surface area contributed by atoms with Crippen LogP contribution >= 0.6 is 23.2 Å². The van der Waals surface area contributed by atoms with Crippen LogP contribution in [0.2, 0.25) is 10.0 Å². The van der Waals surface area contributed by atoms with Crippen LogP contribution in [0.25, 0.3) is 0 Å². The van der Waals surface area contributed by atoms with E-state index in [9.17, 15) is 9.59 Å². The average molecular weight is 552 g/mol. The third-order valence-corrected chi connectivity index (χ3v) is 8.86. The molecule has 1 N–H and O–H groups in total. The lowest BCUT2D eigenvalue weighted by molar-refractivity contribution is -0.00981. The third-order valence-electron chi connectivity index (χ3n) is 8.12. The van der Waals surface area contributed by atoms with Crippen molar-refractivity contribution < 1.29 is 14.3 Å². The van der Waals surface area contributed by atoms with Gasteiger partial charge in [-0.2, -0.15) is 0 Å². The van der Waals surface area contributed by atoms with Crippen molar-refractivity contribution >= 4 is 41.0 Å². The lowest BCUT2D eigenvalue weighted by atomic mass is 9.49. The molecule has 1 aromatic carbocycles. The molecule has 5 rings (SSSR count). The summed E-state index contributed by atoms with van der Waals surface area (Å²) in [5.74, 6) is 1.28. The van der Waals surface area contributed by atoms with E-state index in [2.05, 4.69) is 30.1 Å². The van der Waals surface area contributed by atoms with E-state index in [1.807, 2.05) is 25.7 Å². The van der Waals surface area contributed by atoms with Gasteiger partial charge in [0.05, 0.1) is 10.0 Å². The third kappa shape index (κ3) is 6.73. The van der Waals surface area contributed by atoms with E-state index in [0.29, 0.717) is 53.2 Å². The Morgan fingerprint density at radius 3 is 2.43 bits per heavy atom. The highest BCUT2D eigenvalue weighted by atomic mass is 35.5. The van der Waals surface area contributed by atoms with Gasteiger partial charge in [-0.05, 0) is 69.1 Å². The van der Waals surface area contributed by atoms with Crippen LogP contribution in [0.5, 0.6) is 0 Å². The largest absolute Gasteiger partial charge is 0.444 e. The van der Waals surface area contributed by atoms with Crippen LogP contribution in [-0.2, 0) is 4.74 Å². The van der Waals surface area contributed by atoms with Crippen LogP contribution < -0.4 is 5.32 Å². The van der Waals surface area contributed by atoms with E-state index in [-0.39, 0.29) is 12.1 Å². The molecule has 3 aliphatic carbocycles. The summed E-state index contributed by atoms with van der Waals surface area (Å²) >= 11 is 12.2.